The second-order valence-corrected chi connectivity index (χ2v) is 5.17. The first-order valence-corrected chi connectivity index (χ1v) is 5.91. The van der Waals surface area contributed by atoms with Crippen LogP contribution >= 0.6 is 0 Å². The van der Waals surface area contributed by atoms with Gasteiger partial charge in [0.05, 0.1) is 0 Å². The fourth-order valence-electron chi connectivity index (χ4n) is 2.38. The van der Waals surface area contributed by atoms with E-state index in [0.29, 0.717) is 11.3 Å². The van der Waals surface area contributed by atoms with Gasteiger partial charge in [-0.1, -0.05) is 51.0 Å². The number of rotatable bonds is 3. The molecule has 0 nitrogen and oxygen atoms in total. The van der Waals surface area contributed by atoms with Crippen molar-refractivity contribution < 1.29 is 0 Å². The van der Waals surface area contributed by atoms with Crippen molar-refractivity contribution in [2.24, 2.45) is 11.3 Å². The fourth-order valence-corrected chi connectivity index (χ4v) is 2.38. The van der Waals surface area contributed by atoms with Crippen molar-refractivity contribution in [3.05, 3.63) is 23.8 Å². The molecular formula is C14H24. The Kier molecular flexibility index (Phi) is 3.97. The van der Waals surface area contributed by atoms with E-state index in [9.17, 15) is 0 Å². The summed E-state index contributed by atoms with van der Waals surface area (Å²) in [4.78, 5) is 0. The second-order valence-electron chi connectivity index (χ2n) is 5.17. The van der Waals surface area contributed by atoms with Crippen molar-refractivity contribution in [1.29, 1.82) is 0 Å². The molecule has 0 aromatic heterocycles. The molecule has 0 heterocycles. The van der Waals surface area contributed by atoms with Crippen LogP contribution in [0, 0.1) is 11.3 Å². The Morgan fingerprint density at radius 3 is 2.79 bits per heavy atom. The van der Waals surface area contributed by atoms with Gasteiger partial charge in [-0.05, 0) is 31.6 Å². The Morgan fingerprint density at radius 2 is 2.21 bits per heavy atom. The summed E-state index contributed by atoms with van der Waals surface area (Å²) in [5.74, 6) is 0.669. The molecule has 1 rings (SSSR count). The van der Waals surface area contributed by atoms with Gasteiger partial charge in [0.2, 0.25) is 0 Å². The van der Waals surface area contributed by atoms with Crippen molar-refractivity contribution in [3.63, 3.8) is 0 Å². The molecule has 1 aliphatic carbocycles. The number of unbranched alkanes of at least 4 members (excludes halogenated alkanes) is 1. The third kappa shape index (κ3) is 2.73. The molecule has 0 N–H and O–H groups in total. The molecule has 1 unspecified atom stereocenters. The van der Waals surface area contributed by atoms with Crippen LogP contribution in [0.3, 0.4) is 0 Å². The fraction of sp³-hybridized carbons (Fsp3) is 0.714. The Morgan fingerprint density at radius 1 is 1.50 bits per heavy atom. The predicted molar refractivity (Wildman–Crippen MR) is 64.3 cm³/mol. The molecule has 0 aromatic rings. The lowest BCUT2D eigenvalue weighted by atomic mass is 9.68. The van der Waals surface area contributed by atoms with Crippen LogP contribution in [0.4, 0.5) is 0 Å². The highest BCUT2D eigenvalue weighted by atomic mass is 14.3. The standard InChI is InChI=1S/C14H24/c1-5-6-7-10-13-12(2)9-8-11-14(13,3)4/h7,9-10,13H,5-6,8,11H2,1-4H3. The maximum Gasteiger partial charge on any atom is 0.00253 e. The van der Waals surface area contributed by atoms with E-state index in [2.05, 4.69) is 45.9 Å². The maximum absolute atomic E-state index is 2.43. The first kappa shape index (κ1) is 11.6. The molecule has 0 aliphatic heterocycles. The molecule has 0 heteroatoms. The van der Waals surface area contributed by atoms with Crippen LogP contribution in [-0.2, 0) is 0 Å². The van der Waals surface area contributed by atoms with Gasteiger partial charge < -0.3 is 0 Å². The molecule has 0 aromatic carbocycles. The highest BCUT2D eigenvalue weighted by Gasteiger charge is 2.30. The van der Waals surface area contributed by atoms with E-state index >= 15 is 0 Å². The summed E-state index contributed by atoms with van der Waals surface area (Å²) in [5, 5.41) is 0. The van der Waals surface area contributed by atoms with Crippen LogP contribution in [0.2, 0.25) is 0 Å². The van der Waals surface area contributed by atoms with Gasteiger partial charge >= 0.3 is 0 Å². The van der Waals surface area contributed by atoms with Crippen molar-refractivity contribution in [1.82, 2.24) is 0 Å². The molecule has 80 valence electrons. The minimum atomic E-state index is 0.461. The minimum Gasteiger partial charge on any atom is -0.0879 e. The molecule has 0 fully saturated rings. The molecule has 0 bridgehead atoms. The first-order valence-electron chi connectivity index (χ1n) is 5.91. The number of allylic oxidation sites excluding steroid dienone is 4. The Balaban J connectivity index is 2.71. The Hall–Kier alpha value is -0.520. The van der Waals surface area contributed by atoms with Crippen molar-refractivity contribution in [2.45, 2.75) is 53.4 Å². The lowest BCUT2D eigenvalue weighted by Gasteiger charge is -2.36. The van der Waals surface area contributed by atoms with Gasteiger partial charge in [-0.3, -0.25) is 0 Å². The number of hydrogen-bond acceptors (Lipinski definition) is 0. The van der Waals surface area contributed by atoms with E-state index in [-0.39, 0.29) is 0 Å². The van der Waals surface area contributed by atoms with Gasteiger partial charge in [-0.2, -0.15) is 0 Å². The quantitative estimate of drug-likeness (QED) is 0.567. The normalized spacial score (nSPS) is 26.6. The minimum absolute atomic E-state index is 0.461. The average Bonchev–Trinajstić information content (AvgIpc) is 2.09. The monoisotopic (exact) mass is 192 g/mol. The van der Waals surface area contributed by atoms with Gasteiger partial charge in [-0.15, -0.1) is 0 Å². The van der Waals surface area contributed by atoms with E-state index in [4.69, 9.17) is 0 Å². The van der Waals surface area contributed by atoms with Gasteiger partial charge in [0.25, 0.3) is 0 Å². The molecule has 14 heavy (non-hydrogen) atoms. The molecular weight excluding hydrogens is 168 g/mol. The van der Waals surface area contributed by atoms with Gasteiger partial charge in [0.15, 0.2) is 0 Å². The van der Waals surface area contributed by atoms with Crippen molar-refractivity contribution >= 4 is 0 Å². The number of hydrogen-bond donors (Lipinski definition) is 0. The van der Waals surface area contributed by atoms with E-state index in [1.165, 1.54) is 25.7 Å². The summed E-state index contributed by atoms with van der Waals surface area (Å²) in [6.07, 6.45) is 12.3. The van der Waals surface area contributed by atoms with Crippen molar-refractivity contribution in [3.8, 4) is 0 Å². The van der Waals surface area contributed by atoms with Gasteiger partial charge in [0.1, 0.15) is 0 Å². The average molecular weight is 192 g/mol. The highest BCUT2D eigenvalue weighted by Crippen LogP contribution is 2.41. The lowest BCUT2D eigenvalue weighted by Crippen LogP contribution is -2.26. The summed E-state index contributed by atoms with van der Waals surface area (Å²) in [6.45, 7) is 9.30. The SMILES string of the molecule is CCCC=CC1C(C)=CCCC1(C)C. The van der Waals surface area contributed by atoms with Crippen LogP contribution in [-0.4, -0.2) is 0 Å². The van der Waals surface area contributed by atoms with E-state index in [1.54, 1.807) is 5.57 Å². The largest absolute Gasteiger partial charge is 0.0879 e. The molecule has 1 atom stereocenters. The molecule has 0 saturated heterocycles. The van der Waals surface area contributed by atoms with Crippen LogP contribution in [0.1, 0.15) is 53.4 Å². The summed E-state index contributed by atoms with van der Waals surface area (Å²) < 4.78 is 0. The summed E-state index contributed by atoms with van der Waals surface area (Å²) in [6, 6.07) is 0. The summed E-state index contributed by atoms with van der Waals surface area (Å²) in [5.41, 5.74) is 2.02. The van der Waals surface area contributed by atoms with Gasteiger partial charge in [-0.25, -0.2) is 0 Å². The van der Waals surface area contributed by atoms with Crippen LogP contribution in [0.5, 0.6) is 0 Å². The molecule has 0 amide bonds. The molecule has 0 saturated carbocycles. The Labute approximate surface area is 89.1 Å². The topological polar surface area (TPSA) is 0 Å². The van der Waals surface area contributed by atoms with Crippen LogP contribution in [0.25, 0.3) is 0 Å². The predicted octanol–water partition coefficient (Wildman–Crippen LogP) is 4.73. The van der Waals surface area contributed by atoms with E-state index < -0.39 is 0 Å². The summed E-state index contributed by atoms with van der Waals surface area (Å²) in [7, 11) is 0. The third-order valence-electron chi connectivity index (χ3n) is 3.37. The Bertz CT molecular complexity index is 230. The molecule has 0 spiro atoms. The van der Waals surface area contributed by atoms with Crippen LogP contribution < -0.4 is 0 Å². The van der Waals surface area contributed by atoms with E-state index in [1.807, 2.05) is 0 Å². The van der Waals surface area contributed by atoms with Crippen LogP contribution in [0.15, 0.2) is 23.8 Å². The maximum atomic E-state index is 2.43. The van der Waals surface area contributed by atoms with Gasteiger partial charge in [0, 0.05) is 5.92 Å². The molecule has 1 aliphatic rings. The zero-order chi connectivity index (χ0) is 10.6. The highest BCUT2D eigenvalue weighted by molar-refractivity contribution is 5.18. The zero-order valence-electron chi connectivity index (χ0n) is 10.1. The summed E-state index contributed by atoms with van der Waals surface area (Å²) >= 11 is 0. The third-order valence-corrected chi connectivity index (χ3v) is 3.37. The molecule has 0 radical (unpaired) electrons. The second kappa shape index (κ2) is 4.82. The smallest absolute Gasteiger partial charge is 0.00253 e. The van der Waals surface area contributed by atoms with E-state index in [0.717, 1.165) is 0 Å². The zero-order valence-corrected chi connectivity index (χ0v) is 10.1. The first-order chi connectivity index (χ1) is 6.58. The van der Waals surface area contributed by atoms with Crippen molar-refractivity contribution in [2.75, 3.05) is 0 Å². The lowest BCUT2D eigenvalue weighted by molar-refractivity contribution is 0.255.